The van der Waals surface area contributed by atoms with E-state index in [-0.39, 0.29) is 0 Å². The fourth-order valence-corrected chi connectivity index (χ4v) is 3.32. The lowest BCUT2D eigenvalue weighted by atomic mass is 10.2. The largest absolute Gasteiger partial charge is 0.354 e. The van der Waals surface area contributed by atoms with E-state index in [1.54, 1.807) is 0 Å². The van der Waals surface area contributed by atoms with E-state index in [0.29, 0.717) is 0 Å². The van der Waals surface area contributed by atoms with Crippen LogP contribution in [0.2, 0.25) is 0 Å². The fraction of sp³-hybridized carbons (Fsp3) is 0. The molecule has 0 amide bonds. The van der Waals surface area contributed by atoms with E-state index in [9.17, 15) is 0 Å². The van der Waals surface area contributed by atoms with Crippen molar-refractivity contribution in [3.8, 4) is 5.69 Å². The van der Waals surface area contributed by atoms with Crippen LogP contribution in [-0.4, -0.2) is 9.55 Å². The number of nitrogens with one attached hydrogen (secondary N) is 1. The van der Waals surface area contributed by atoms with E-state index >= 15 is 0 Å². The second-order valence-electron chi connectivity index (χ2n) is 5.20. The Morgan fingerprint density at radius 2 is 1.20 bits per heavy atom. The highest BCUT2D eigenvalue weighted by molar-refractivity contribution is 6.24. The Morgan fingerprint density at radius 1 is 0.600 bits per heavy atom. The summed E-state index contributed by atoms with van der Waals surface area (Å²) in [6.45, 7) is 0. The molecule has 2 aromatic heterocycles. The predicted octanol–water partition coefficient (Wildman–Crippen LogP) is 4.70. The average Bonchev–Trinajstić information content (AvgIpc) is 3.04. The second-order valence-corrected chi connectivity index (χ2v) is 5.20. The Kier molecular flexibility index (Phi) is 1.73. The molecule has 94 valence electrons. The van der Waals surface area contributed by atoms with Crippen molar-refractivity contribution in [3.05, 3.63) is 66.7 Å². The summed E-state index contributed by atoms with van der Waals surface area (Å²) in [6, 6.07) is 23.5. The lowest BCUT2D eigenvalue weighted by Gasteiger charge is -2.08. The molecular formula is C18H12N2. The lowest BCUT2D eigenvalue weighted by Crippen LogP contribution is -1.93. The number of rotatable bonds is 1. The number of nitrogens with zero attached hydrogens (tertiary/aromatic N) is 1. The van der Waals surface area contributed by atoms with Gasteiger partial charge in [-0.05, 0) is 36.4 Å². The molecule has 0 aliphatic carbocycles. The van der Waals surface area contributed by atoms with Crippen molar-refractivity contribution in [1.29, 1.82) is 0 Å². The van der Waals surface area contributed by atoms with Crippen LogP contribution in [0.3, 0.4) is 0 Å². The number of H-pyrrole nitrogens is 1. The minimum Gasteiger partial charge on any atom is -0.354 e. The molecule has 2 nitrogen and oxygen atoms in total. The van der Waals surface area contributed by atoms with Gasteiger partial charge in [-0.15, -0.1) is 0 Å². The van der Waals surface area contributed by atoms with Gasteiger partial charge < -0.3 is 9.55 Å². The minimum atomic E-state index is 1.21. The maximum Gasteiger partial charge on any atom is 0.0562 e. The van der Waals surface area contributed by atoms with Crippen LogP contribution in [0.4, 0.5) is 0 Å². The first-order chi connectivity index (χ1) is 9.93. The van der Waals surface area contributed by atoms with Gasteiger partial charge >= 0.3 is 0 Å². The van der Waals surface area contributed by atoms with Gasteiger partial charge in [0, 0.05) is 27.5 Å². The predicted molar refractivity (Wildman–Crippen MR) is 83.8 cm³/mol. The molecule has 2 heteroatoms. The molecule has 0 aliphatic heterocycles. The molecule has 2 heterocycles. The fourth-order valence-electron chi connectivity index (χ4n) is 3.32. The molecule has 0 fully saturated rings. The first-order valence-corrected chi connectivity index (χ1v) is 6.82. The lowest BCUT2D eigenvalue weighted by molar-refractivity contribution is 1.18. The minimum absolute atomic E-state index is 1.21. The highest BCUT2D eigenvalue weighted by Crippen LogP contribution is 2.38. The summed E-state index contributed by atoms with van der Waals surface area (Å²) in [5.74, 6) is 0. The molecule has 0 atom stereocenters. The Balaban J connectivity index is 2.11. The van der Waals surface area contributed by atoms with Crippen molar-refractivity contribution < 1.29 is 0 Å². The van der Waals surface area contributed by atoms with Crippen molar-refractivity contribution in [3.63, 3.8) is 0 Å². The quantitative estimate of drug-likeness (QED) is 0.448. The van der Waals surface area contributed by atoms with Gasteiger partial charge in [0.05, 0.1) is 11.0 Å². The molecule has 0 saturated carbocycles. The third-order valence-electron chi connectivity index (χ3n) is 4.10. The zero-order valence-corrected chi connectivity index (χ0v) is 10.8. The van der Waals surface area contributed by atoms with Crippen LogP contribution < -0.4 is 0 Å². The number of hydrogen-bond donors (Lipinski definition) is 1. The van der Waals surface area contributed by atoms with E-state index in [2.05, 4.69) is 76.3 Å². The van der Waals surface area contributed by atoms with Crippen molar-refractivity contribution in [2.45, 2.75) is 0 Å². The van der Waals surface area contributed by atoms with Crippen LogP contribution in [0, 0.1) is 0 Å². The number of para-hydroxylation sites is 1. The highest BCUT2D eigenvalue weighted by atomic mass is 15.0. The Labute approximate surface area is 115 Å². The summed E-state index contributed by atoms with van der Waals surface area (Å²) < 4.78 is 2.35. The van der Waals surface area contributed by atoms with Crippen LogP contribution in [0.1, 0.15) is 0 Å². The van der Waals surface area contributed by atoms with Crippen molar-refractivity contribution in [1.82, 2.24) is 9.55 Å². The molecule has 0 bridgehead atoms. The topological polar surface area (TPSA) is 20.7 Å². The molecule has 0 spiro atoms. The van der Waals surface area contributed by atoms with Gasteiger partial charge in [-0.25, -0.2) is 0 Å². The summed E-state index contributed by atoms with van der Waals surface area (Å²) in [6.07, 6.45) is 0. The molecule has 20 heavy (non-hydrogen) atoms. The van der Waals surface area contributed by atoms with Gasteiger partial charge in [-0.3, -0.25) is 0 Å². The molecule has 0 unspecified atom stereocenters. The second kappa shape index (κ2) is 3.42. The molecule has 1 N–H and O–H groups in total. The summed E-state index contributed by atoms with van der Waals surface area (Å²) in [5.41, 5.74) is 6.16. The maximum atomic E-state index is 3.50. The van der Waals surface area contributed by atoms with Crippen LogP contribution in [0.25, 0.3) is 38.5 Å². The van der Waals surface area contributed by atoms with E-state index in [4.69, 9.17) is 0 Å². The van der Waals surface area contributed by atoms with E-state index in [0.717, 1.165) is 0 Å². The van der Waals surface area contributed by atoms with Crippen LogP contribution in [0.15, 0.2) is 66.7 Å². The van der Waals surface area contributed by atoms with Gasteiger partial charge in [0.25, 0.3) is 0 Å². The van der Waals surface area contributed by atoms with Crippen molar-refractivity contribution >= 4 is 32.8 Å². The van der Waals surface area contributed by atoms with Gasteiger partial charge in [0.2, 0.25) is 0 Å². The highest BCUT2D eigenvalue weighted by Gasteiger charge is 2.17. The number of hydrogen-bond acceptors (Lipinski definition) is 0. The van der Waals surface area contributed by atoms with Gasteiger partial charge in [0.1, 0.15) is 0 Å². The molecule has 3 aromatic carbocycles. The first-order valence-electron chi connectivity index (χ1n) is 6.82. The van der Waals surface area contributed by atoms with E-state index < -0.39 is 0 Å². The molecule has 5 rings (SSSR count). The monoisotopic (exact) mass is 256 g/mol. The van der Waals surface area contributed by atoms with E-state index in [1.807, 2.05) is 0 Å². The normalized spacial score (nSPS) is 12.0. The molecular weight excluding hydrogens is 244 g/mol. The van der Waals surface area contributed by atoms with Crippen LogP contribution >= 0.6 is 0 Å². The summed E-state index contributed by atoms with van der Waals surface area (Å²) >= 11 is 0. The Morgan fingerprint density at radius 3 is 1.80 bits per heavy atom. The van der Waals surface area contributed by atoms with Gasteiger partial charge in [-0.2, -0.15) is 0 Å². The van der Waals surface area contributed by atoms with Crippen molar-refractivity contribution in [2.75, 3.05) is 0 Å². The van der Waals surface area contributed by atoms with Crippen LogP contribution in [-0.2, 0) is 0 Å². The summed E-state index contributed by atoms with van der Waals surface area (Å²) in [5, 5.41) is 2.67. The number of benzene rings is 3. The zero-order chi connectivity index (χ0) is 13.1. The number of aromatic amines is 1. The smallest absolute Gasteiger partial charge is 0.0562 e. The van der Waals surface area contributed by atoms with Crippen molar-refractivity contribution in [2.24, 2.45) is 0 Å². The Hall–Kier alpha value is -2.74. The van der Waals surface area contributed by atoms with E-state index in [1.165, 1.54) is 38.5 Å². The zero-order valence-electron chi connectivity index (χ0n) is 10.8. The summed E-state index contributed by atoms with van der Waals surface area (Å²) in [4.78, 5) is 3.50. The maximum absolute atomic E-state index is 3.50. The molecule has 0 aliphatic rings. The third kappa shape index (κ3) is 1.09. The van der Waals surface area contributed by atoms with Gasteiger partial charge in [0.15, 0.2) is 0 Å². The number of aromatic nitrogens is 2. The molecule has 0 saturated heterocycles. The average molecular weight is 256 g/mol. The third-order valence-corrected chi connectivity index (χ3v) is 4.10. The summed E-state index contributed by atoms with van der Waals surface area (Å²) in [7, 11) is 0. The SMILES string of the molecule is c1ccc(-n2c3cccc4[nH]c5cccc2c5c43)cc1. The first kappa shape index (κ1) is 10.1. The molecule has 0 radical (unpaired) electrons. The van der Waals surface area contributed by atoms with Crippen LogP contribution in [0.5, 0.6) is 0 Å². The Bertz CT molecular complexity index is 972. The molecule has 5 aromatic rings. The standard InChI is InChI=1S/C18H12N2/c1-2-6-12(7-3-1)20-15-10-4-8-13-17(15)18-14(19-13)9-5-11-16(18)20/h1-11,19H. The van der Waals surface area contributed by atoms with Gasteiger partial charge in [-0.1, -0.05) is 30.3 Å².